The summed E-state index contributed by atoms with van der Waals surface area (Å²) < 4.78 is 21.0. The van der Waals surface area contributed by atoms with E-state index in [-0.39, 0.29) is 34.5 Å². The van der Waals surface area contributed by atoms with Crippen molar-refractivity contribution in [1.29, 1.82) is 0 Å². The lowest BCUT2D eigenvalue weighted by molar-refractivity contribution is -0.163. The van der Waals surface area contributed by atoms with Crippen LogP contribution in [-0.2, 0) is 33.6 Å². The maximum Gasteiger partial charge on any atom is 0.324 e. The van der Waals surface area contributed by atoms with Crippen LogP contribution >= 0.6 is 11.6 Å². The van der Waals surface area contributed by atoms with Gasteiger partial charge in [0.1, 0.15) is 16.8 Å². The molecule has 44 heavy (non-hydrogen) atoms. The Morgan fingerprint density at radius 3 is 2.41 bits per heavy atom. The summed E-state index contributed by atoms with van der Waals surface area (Å²) in [6.45, 7) is 16.8. The molecule has 2 saturated heterocycles. The number of carbonyl (C=O) groups is 2. The number of ether oxygens (including phenoxy) is 1. The number of hydrogen-bond acceptors (Lipinski definition) is 6. The summed E-state index contributed by atoms with van der Waals surface area (Å²) in [6.07, 6.45) is 3.95. The van der Waals surface area contributed by atoms with E-state index < -0.39 is 23.5 Å². The zero-order valence-electron chi connectivity index (χ0n) is 27.3. The molecule has 240 valence electrons. The van der Waals surface area contributed by atoms with Gasteiger partial charge in [0.25, 0.3) is 0 Å². The van der Waals surface area contributed by atoms with Gasteiger partial charge in [-0.05, 0) is 96.9 Å². The third-order valence-electron chi connectivity index (χ3n) is 9.48. The van der Waals surface area contributed by atoms with Crippen LogP contribution in [0.5, 0.6) is 0 Å². The molecule has 9 heteroatoms. The average Bonchev–Trinajstić information content (AvgIpc) is 3.57. The molecule has 2 unspecified atom stereocenters. The monoisotopic (exact) mass is 626 g/mol. The molecular weight excluding hydrogens is 579 g/mol. The minimum atomic E-state index is -0.610. The minimum Gasteiger partial charge on any atom is -0.459 e. The average molecular weight is 627 g/mol. The lowest BCUT2D eigenvalue weighted by Crippen LogP contribution is -2.60. The second-order valence-corrected chi connectivity index (χ2v) is 15.3. The first-order valence-corrected chi connectivity index (χ1v) is 16.4. The molecule has 0 radical (unpaired) electrons. The highest BCUT2D eigenvalue weighted by Gasteiger charge is 2.46. The van der Waals surface area contributed by atoms with Gasteiger partial charge in [0.2, 0.25) is 11.9 Å². The van der Waals surface area contributed by atoms with Gasteiger partial charge in [-0.1, -0.05) is 35.9 Å². The molecule has 2 aliphatic heterocycles. The van der Waals surface area contributed by atoms with Crippen LogP contribution in [-0.4, -0.2) is 87.5 Å². The lowest BCUT2D eigenvalue weighted by atomic mass is 9.88. The Bertz CT molecular complexity index is 1390. The highest BCUT2D eigenvalue weighted by atomic mass is 35.5. The summed E-state index contributed by atoms with van der Waals surface area (Å²) in [5.41, 5.74) is 3.60. The molecule has 0 bridgehead atoms. The van der Waals surface area contributed by atoms with Gasteiger partial charge in [0, 0.05) is 55.8 Å². The molecule has 0 spiro atoms. The van der Waals surface area contributed by atoms with E-state index in [2.05, 4.69) is 53.8 Å². The Kier molecular flexibility index (Phi) is 9.46. The zero-order chi connectivity index (χ0) is 32.0. The van der Waals surface area contributed by atoms with E-state index in [4.69, 9.17) is 16.3 Å². The molecule has 1 aliphatic carbocycles. The van der Waals surface area contributed by atoms with Crippen LogP contribution < -0.4 is 0 Å². The topological polar surface area (TPSA) is 66.0 Å². The Labute approximate surface area is 267 Å². The van der Waals surface area contributed by atoms with Crippen molar-refractivity contribution in [2.45, 2.75) is 103 Å². The Morgan fingerprint density at radius 1 is 1.02 bits per heavy atom. The fraction of sp³-hybridized carbons (Fsp3) is 0.629. The van der Waals surface area contributed by atoms with E-state index in [0.29, 0.717) is 44.7 Å². The van der Waals surface area contributed by atoms with Gasteiger partial charge in [-0.25, -0.2) is 4.98 Å². The van der Waals surface area contributed by atoms with Gasteiger partial charge in [-0.15, -0.1) is 0 Å². The van der Waals surface area contributed by atoms with Crippen molar-refractivity contribution in [3.8, 4) is 0 Å². The standard InChI is InChI=1S/C35H48ClFN4O3/c1-22-19-39(29(33(43)44-35(5,6)7)18-23-11-12-24-9-8-10-25(24)17-23)15-16-41(22)32(42)28-21-40(34(2,3)4)20-27(28)26-13-14-30(36)38-31(26)37/h11-14,17,22,27-29H,8-10,15-16,18-21H2,1-7H3/t22-,27?,28?,29-/m0/s1. The number of nitrogens with zero attached hydrogens (tertiary/aromatic N) is 4. The Morgan fingerprint density at radius 2 is 1.75 bits per heavy atom. The zero-order valence-corrected chi connectivity index (χ0v) is 28.1. The summed E-state index contributed by atoms with van der Waals surface area (Å²) in [4.78, 5) is 38.1. The lowest BCUT2D eigenvalue weighted by Gasteiger charge is -2.44. The number of fused-ring (bicyclic) bond motifs is 1. The summed E-state index contributed by atoms with van der Waals surface area (Å²) in [5, 5.41) is 0.101. The Hall–Kier alpha value is -2.55. The van der Waals surface area contributed by atoms with Crippen molar-refractivity contribution in [2.24, 2.45) is 5.92 Å². The number of piperazine rings is 1. The van der Waals surface area contributed by atoms with E-state index in [1.807, 2.05) is 32.6 Å². The van der Waals surface area contributed by atoms with Crippen molar-refractivity contribution >= 4 is 23.5 Å². The molecular formula is C35H48ClFN4O3. The predicted molar refractivity (Wildman–Crippen MR) is 171 cm³/mol. The largest absolute Gasteiger partial charge is 0.459 e. The first-order valence-electron chi connectivity index (χ1n) is 16.1. The third kappa shape index (κ3) is 7.29. The van der Waals surface area contributed by atoms with Crippen LogP contribution in [0, 0.1) is 11.9 Å². The fourth-order valence-corrected chi connectivity index (χ4v) is 7.27. The Balaban J connectivity index is 1.35. The number of rotatable bonds is 6. The summed E-state index contributed by atoms with van der Waals surface area (Å²) in [6, 6.07) is 9.32. The SMILES string of the molecule is C[C@H]1CN([C@@H](Cc2ccc3c(c2)CCC3)C(=O)OC(C)(C)C)CCN1C(=O)C1CN(C(C)(C)C)CC1c1ccc(Cl)nc1F. The summed E-state index contributed by atoms with van der Waals surface area (Å²) in [7, 11) is 0. The van der Waals surface area contributed by atoms with E-state index >= 15 is 4.39 Å². The molecule has 1 aromatic heterocycles. The molecule has 1 amide bonds. The molecule has 2 aromatic rings. The maximum absolute atomic E-state index is 15.1. The van der Waals surface area contributed by atoms with Gasteiger partial charge < -0.3 is 9.64 Å². The quantitative estimate of drug-likeness (QED) is 0.305. The van der Waals surface area contributed by atoms with Gasteiger partial charge in [-0.2, -0.15) is 4.39 Å². The molecule has 5 rings (SSSR count). The summed E-state index contributed by atoms with van der Waals surface area (Å²) in [5.74, 6) is -1.55. The van der Waals surface area contributed by atoms with Crippen LogP contribution in [0.2, 0.25) is 5.15 Å². The van der Waals surface area contributed by atoms with Crippen molar-refractivity contribution in [3.05, 3.63) is 63.7 Å². The van der Waals surface area contributed by atoms with Crippen molar-refractivity contribution in [3.63, 3.8) is 0 Å². The third-order valence-corrected chi connectivity index (χ3v) is 9.69. The number of hydrogen-bond donors (Lipinski definition) is 0. The number of aryl methyl sites for hydroxylation is 2. The van der Waals surface area contributed by atoms with Crippen LogP contribution in [0.4, 0.5) is 4.39 Å². The number of pyridine rings is 1. The normalized spacial score (nSPS) is 23.9. The number of amides is 1. The minimum absolute atomic E-state index is 0.0238. The highest BCUT2D eigenvalue weighted by molar-refractivity contribution is 6.29. The highest BCUT2D eigenvalue weighted by Crippen LogP contribution is 2.39. The van der Waals surface area contributed by atoms with Gasteiger partial charge in [-0.3, -0.25) is 19.4 Å². The van der Waals surface area contributed by atoms with Crippen LogP contribution in [0.15, 0.2) is 30.3 Å². The second-order valence-electron chi connectivity index (χ2n) is 14.9. The molecule has 1 aromatic carbocycles. The second kappa shape index (κ2) is 12.7. The number of likely N-dealkylation sites (tertiary alicyclic amines) is 1. The number of aromatic nitrogens is 1. The molecule has 3 aliphatic rings. The van der Waals surface area contributed by atoms with E-state index in [0.717, 1.165) is 18.4 Å². The van der Waals surface area contributed by atoms with Gasteiger partial charge >= 0.3 is 5.97 Å². The number of carbonyl (C=O) groups excluding carboxylic acids is 2. The van der Waals surface area contributed by atoms with E-state index in [1.165, 1.54) is 17.5 Å². The molecule has 0 N–H and O–H groups in total. The van der Waals surface area contributed by atoms with Crippen LogP contribution in [0.25, 0.3) is 0 Å². The molecule has 3 heterocycles. The summed E-state index contributed by atoms with van der Waals surface area (Å²) >= 11 is 5.96. The van der Waals surface area contributed by atoms with Crippen molar-refractivity contribution in [1.82, 2.24) is 19.7 Å². The van der Waals surface area contributed by atoms with Crippen LogP contribution in [0.1, 0.15) is 83.1 Å². The van der Waals surface area contributed by atoms with Gasteiger partial charge in [0.05, 0.1) is 5.92 Å². The molecule has 7 nitrogen and oxygen atoms in total. The molecule has 0 saturated carbocycles. The number of halogens is 2. The van der Waals surface area contributed by atoms with Gasteiger partial charge in [0.15, 0.2) is 0 Å². The first kappa shape index (κ1) is 32.8. The number of benzene rings is 1. The fourth-order valence-electron chi connectivity index (χ4n) is 7.13. The van der Waals surface area contributed by atoms with Crippen molar-refractivity contribution < 1.29 is 18.7 Å². The first-order chi connectivity index (χ1) is 20.6. The molecule has 2 fully saturated rings. The van der Waals surface area contributed by atoms with E-state index in [1.54, 1.807) is 12.1 Å². The number of esters is 1. The maximum atomic E-state index is 15.1. The molecule has 4 atom stereocenters. The smallest absolute Gasteiger partial charge is 0.324 e. The predicted octanol–water partition coefficient (Wildman–Crippen LogP) is 5.66. The van der Waals surface area contributed by atoms with Crippen molar-refractivity contribution in [2.75, 3.05) is 32.7 Å². The van der Waals surface area contributed by atoms with E-state index in [9.17, 15) is 9.59 Å². The van der Waals surface area contributed by atoms with Crippen LogP contribution in [0.3, 0.4) is 0 Å².